The zero-order valence-corrected chi connectivity index (χ0v) is 13.1. The summed E-state index contributed by atoms with van der Waals surface area (Å²) >= 11 is 0. The first kappa shape index (κ1) is 14.2. The summed E-state index contributed by atoms with van der Waals surface area (Å²) in [7, 11) is 0. The summed E-state index contributed by atoms with van der Waals surface area (Å²) in [5.74, 6) is 1.62. The molecule has 2 aliphatic rings. The van der Waals surface area contributed by atoms with Crippen molar-refractivity contribution in [2.75, 3.05) is 10.6 Å². The van der Waals surface area contributed by atoms with Crippen LogP contribution in [0.5, 0.6) is 0 Å². The van der Waals surface area contributed by atoms with Gasteiger partial charge in [-0.3, -0.25) is 0 Å². The fourth-order valence-electron chi connectivity index (χ4n) is 3.19. The number of aromatic nitrogens is 2. The molecular weight excluding hydrogens is 288 g/mol. The molecule has 6 heteroatoms. The number of pyridine rings is 2. The van der Waals surface area contributed by atoms with Gasteiger partial charge in [-0.15, -0.1) is 0 Å². The average molecular weight is 308 g/mol. The highest BCUT2D eigenvalue weighted by Crippen LogP contribution is 2.33. The van der Waals surface area contributed by atoms with Crippen LogP contribution in [0.25, 0.3) is 10.8 Å². The molecule has 0 spiro atoms. The number of fused-ring (bicyclic) bond motifs is 1. The van der Waals surface area contributed by atoms with Crippen LogP contribution in [0.15, 0.2) is 18.3 Å². The van der Waals surface area contributed by atoms with Crippen molar-refractivity contribution in [3.05, 3.63) is 24.0 Å². The monoisotopic (exact) mass is 308 g/mol. The molecule has 2 aromatic rings. The van der Waals surface area contributed by atoms with Gasteiger partial charge in [0.05, 0.1) is 0 Å². The number of nitriles is 1. The second-order valence-corrected chi connectivity index (χ2v) is 7.08. The van der Waals surface area contributed by atoms with Gasteiger partial charge in [-0.05, 0) is 44.7 Å². The first-order valence-corrected chi connectivity index (χ1v) is 8.05. The minimum Gasteiger partial charge on any atom is -0.367 e. The Bertz CT molecular complexity index is 795. The molecule has 0 atom stereocenters. The molecule has 2 fully saturated rings. The van der Waals surface area contributed by atoms with E-state index in [1.54, 1.807) is 12.3 Å². The maximum absolute atomic E-state index is 9.15. The molecule has 4 N–H and O–H groups in total. The van der Waals surface area contributed by atoms with Crippen LogP contribution in [0.2, 0.25) is 0 Å². The van der Waals surface area contributed by atoms with E-state index in [1.807, 2.05) is 6.07 Å². The average Bonchev–Trinajstić information content (AvgIpc) is 3.29. The molecule has 23 heavy (non-hydrogen) atoms. The molecule has 2 heterocycles. The summed E-state index contributed by atoms with van der Waals surface area (Å²) in [6.45, 7) is 2.07. The Kier molecular flexibility index (Phi) is 3.13. The van der Waals surface area contributed by atoms with E-state index in [0.717, 1.165) is 48.1 Å². The Labute approximate surface area is 135 Å². The van der Waals surface area contributed by atoms with Crippen molar-refractivity contribution in [1.29, 1.82) is 5.26 Å². The lowest BCUT2D eigenvalue weighted by molar-refractivity contribution is 0.248. The molecule has 0 bridgehead atoms. The Morgan fingerprint density at radius 3 is 2.70 bits per heavy atom. The number of rotatable bonds is 4. The van der Waals surface area contributed by atoms with E-state index in [1.165, 1.54) is 0 Å². The van der Waals surface area contributed by atoms with Gasteiger partial charge in [0, 0.05) is 34.6 Å². The summed E-state index contributed by atoms with van der Waals surface area (Å²) in [6.07, 6.45) is 6.02. The molecule has 0 amide bonds. The molecule has 118 valence electrons. The lowest BCUT2D eigenvalue weighted by Crippen LogP contribution is -2.54. The molecule has 0 unspecified atom stereocenters. The number of nitrogens with one attached hydrogen (secondary N) is 2. The van der Waals surface area contributed by atoms with Crippen LogP contribution in [0.3, 0.4) is 0 Å². The third kappa shape index (κ3) is 2.92. The van der Waals surface area contributed by atoms with Gasteiger partial charge in [-0.2, -0.15) is 5.26 Å². The molecular formula is C17H20N6. The van der Waals surface area contributed by atoms with Crippen molar-refractivity contribution in [2.45, 2.75) is 50.2 Å². The minimum absolute atomic E-state index is 0.0591. The van der Waals surface area contributed by atoms with E-state index in [4.69, 9.17) is 11.0 Å². The molecule has 0 saturated heterocycles. The highest BCUT2D eigenvalue weighted by Gasteiger charge is 2.36. The number of hydrogen-bond acceptors (Lipinski definition) is 6. The quantitative estimate of drug-likeness (QED) is 0.802. The van der Waals surface area contributed by atoms with Crippen LogP contribution in [0.4, 0.5) is 11.6 Å². The SMILES string of the molecule is C[C@]1(N)C[C@H](Nc2cc3c(NC4CC4)nc(C#N)cc3cn2)C1. The zero-order valence-electron chi connectivity index (χ0n) is 13.1. The normalized spacial score (nSPS) is 26.4. The zero-order chi connectivity index (χ0) is 16.0. The van der Waals surface area contributed by atoms with Crippen LogP contribution in [0.1, 0.15) is 38.3 Å². The van der Waals surface area contributed by atoms with Crippen LogP contribution < -0.4 is 16.4 Å². The number of nitrogens with zero attached hydrogens (tertiary/aromatic N) is 3. The van der Waals surface area contributed by atoms with Gasteiger partial charge < -0.3 is 16.4 Å². The van der Waals surface area contributed by atoms with Crippen molar-refractivity contribution in [1.82, 2.24) is 9.97 Å². The van der Waals surface area contributed by atoms with Crippen molar-refractivity contribution >= 4 is 22.4 Å². The van der Waals surface area contributed by atoms with Gasteiger partial charge in [0.1, 0.15) is 23.4 Å². The lowest BCUT2D eigenvalue weighted by atomic mass is 9.75. The maximum Gasteiger partial charge on any atom is 0.143 e. The van der Waals surface area contributed by atoms with Gasteiger partial charge in [-0.1, -0.05) is 0 Å². The van der Waals surface area contributed by atoms with E-state index in [2.05, 4.69) is 33.6 Å². The van der Waals surface area contributed by atoms with Crippen LogP contribution >= 0.6 is 0 Å². The highest BCUT2D eigenvalue weighted by atomic mass is 15.1. The molecule has 2 saturated carbocycles. The summed E-state index contributed by atoms with van der Waals surface area (Å²) in [5.41, 5.74) is 6.42. The topological polar surface area (TPSA) is 99.6 Å². The Hall–Kier alpha value is -2.39. The fourth-order valence-corrected chi connectivity index (χ4v) is 3.19. The van der Waals surface area contributed by atoms with Crippen molar-refractivity contribution < 1.29 is 0 Å². The third-order valence-corrected chi connectivity index (χ3v) is 4.52. The lowest BCUT2D eigenvalue weighted by Gasteiger charge is -2.42. The highest BCUT2D eigenvalue weighted by molar-refractivity contribution is 5.93. The van der Waals surface area contributed by atoms with Crippen molar-refractivity contribution in [3.63, 3.8) is 0 Å². The third-order valence-electron chi connectivity index (χ3n) is 4.52. The van der Waals surface area contributed by atoms with Crippen LogP contribution in [-0.4, -0.2) is 27.6 Å². The first-order chi connectivity index (χ1) is 11.0. The van der Waals surface area contributed by atoms with Gasteiger partial charge in [-0.25, -0.2) is 9.97 Å². The van der Waals surface area contributed by atoms with Crippen molar-refractivity contribution in [3.8, 4) is 6.07 Å². The van der Waals surface area contributed by atoms with Gasteiger partial charge >= 0.3 is 0 Å². The summed E-state index contributed by atoms with van der Waals surface area (Å²) < 4.78 is 0. The van der Waals surface area contributed by atoms with E-state index < -0.39 is 0 Å². The predicted molar refractivity (Wildman–Crippen MR) is 90.1 cm³/mol. The molecule has 2 aliphatic carbocycles. The standard InChI is InChI=1S/C17H20N6/c1-17(19)6-13(7-17)21-15-5-14-10(9-20-15)4-12(8-18)23-16(14)22-11-2-3-11/h4-5,9,11,13H,2-3,6-7,19H2,1H3,(H,20,21)(H,22,23)/t13-,17-. The summed E-state index contributed by atoms with van der Waals surface area (Å²) in [4.78, 5) is 8.90. The Morgan fingerprint density at radius 2 is 2.04 bits per heavy atom. The number of nitrogens with two attached hydrogens (primary N) is 1. The molecule has 4 rings (SSSR count). The molecule has 0 aliphatic heterocycles. The second-order valence-electron chi connectivity index (χ2n) is 7.08. The van der Waals surface area contributed by atoms with E-state index >= 15 is 0 Å². The van der Waals surface area contributed by atoms with Crippen LogP contribution in [0, 0.1) is 11.3 Å². The maximum atomic E-state index is 9.15. The van der Waals surface area contributed by atoms with Crippen molar-refractivity contribution in [2.24, 2.45) is 5.73 Å². The van der Waals surface area contributed by atoms with Gasteiger partial charge in [0.15, 0.2) is 0 Å². The molecule has 0 radical (unpaired) electrons. The Balaban J connectivity index is 1.65. The largest absolute Gasteiger partial charge is 0.367 e. The Morgan fingerprint density at radius 1 is 1.26 bits per heavy atom. The molecule has 2 aromatic heterocycles. The molecule has 6 nitrogen and oxygen atoms in total. The van der Waals surface area contributed by atoms with E-state index in [9.17, 15) is 0 Å². The smallest absolute Gasteiger partial charge is 0.143 e. The van der Waals surface area contributed by atoms with Gasteiger partial charge in [0.25, 0.3) is 0 Å². The van der Waals surface area contributed by atoms with E-state index in [0.29, 0.717) is 17.8 Å². The summed E-state index contributed by atoms with van der Waals surface area (Å²) in [5, 5.41) is 17.9. The first-order valence-electron chi connectivity index (χ1n) is 8.05. The van der Waals surface area contributed by atoms with Gasteiger partial charge in [0.2, 0.25) is 0 Å². The predicted octanol–water partition coefficient (Wildman–Crippen LogP) is 2.37. The van der Waals surface area contributed by atoms with Crippen LogP contribution in [-0.2, 0) is 0 Å². The second kappa shape index (κ2) is 5.07. The fraction of sp³-hybridized carbons (Fsp3) is 0.471. The summed E-state index contributed by atoms with van der Waals surface area (Å²) in [6, 6.07) is 6.77. The van der Waals surface area contributed by atoms with E-state index in [-0.39, 0.29) is 5.54 Å². The number of hydrogen-bond donors (Lipinski definition) is 3. The number of anilines is 2. The molecule has 0 aromatic carbocycles. The minimum atomic E-state index is -0.0591.